The highest BCUT2D eigenvalue weighted by Gasteiger charge is 2.09. The normalized spacial score (nSPS) is 11.5. The van der Waals surface area contributed by atoms with Gasteiger partial charge >= 0.3 is 0 Å². The summed E-state index contributed by atoms with van der Waals surface area (Å²) < 4.78 is 1.16. The minimum atomic E-state index is -0.210. The van der Waals surface area contributed by atoms with Gasteiger partial charge in [-0.2, -0.15) is 0 Å². The fourth-order valence-corrected chi connectivity index (χ4v) is 3.72. The van der Waals surface area contributed by atoms with Crippen molar-refractivity contribution in [2.45, 2.75) is 13.5 Å². The monoisotopic (exact) mass is 375 g/mol. The van der Waals surface area contributed by atoms with E-state index in [1.807, 2.05) is 42.5 Å². The van der Waals surface area contributed by atoms with Crippen LogP contribution in [0, 0.1) is 6.92 Å². The van der Waals surface area contributed by atoms with Gasteiger partial charge in [0.25, 0.3) is 0 Å². The van der Waals surface area contributed by atoms with Crippen LogP contribution in [0.1, 0.15) is 16.8 Å². The number of hydrogen-bond donors (Lipinski definition) is 2. The molecule has 2 N–H and O–H groups in total. The summed E-state index contributed by atoms with van der Waals surface area (Å²) in [5.74, 6) is 0.0383. The highest BCUT2D eigenvalue weighted by atomic mass is 32.1. The van der Waals surface area contributed by atoms with Crippen LogP contribution < -0.4 is 0 Å². The quantitative estimate of drug-likeness (QED) is 0.510. The van der Waals surface area contributed by atoms with Gasteiger partial charge in [-0.1, -0.05) is 12.1 Å². The first kappa shape index (κ1) is 17.3. The SMILES string of the molecule is Cc1ncc(CO)c(C=Nc2ccc(-c3nc4ccccc4s3)cc2)c1O. The molecule has 0 aliphatic carbocycles. The lowest BCUT2D eigenvalue weighted by Gasteiger charge is -2.07. The number of benzene rings is 2. The van der Waals surface area contributed by atoms with E-state index in [9.17, 15) is 10.2 Å². The molecule has 0 fully saturated rings. The van der Waals surface area contributed by atoms with E-state index in [0.29, 0.717) is 16.8 Å². The van der Waals surface area contributed by atoms with E-state index >= 15 is 0 Å². The predicted octanol–water partition coefficient (Wildman–Crippen LogP) is 4.62. The second kappa shape index (κ2) is 7.26. The lowest BCUT2D eigenvalue weighted by molar-refractivity contribution is 0.280. The first-order valence-electron chi connectivity index (χ1n) is 8.44. The summed E-state index contributed by atoms with van der Waals surface area (Å²) in [6.07, 6.45) is 3.11. The fourth-order valence-electron chi connectivity index (χ4n) is 2.75. The van der Waals surface area contributed by atoms with Crippen molar-refractivity contribution in [2.24, 2.45) is 4.99 Å². The molecular weight excluding hydrogens is 358 g/mol. The average molecular weight is 375 g/mol. The van der Waals surface area contributed by atoms with Crippen molar-refractivity contribution in [3.63, 3.8) is 0 Å². The molecule has 2 heterocycles. The standard InChI is InChI=1S/C21H17N3O2S/c1-13-20(26)17(15(12-25)10-22-13)11-23-16-8-6-14(7-9-16)21-24-18-4-2-3-5-19(18)27-21/h2-11,25-26H,12H2,1H3. The maximum Gasteiger partial charge on any atom is 0.145 e. The van der Waals surface area contributed by atoms with E-state index in [1.165, 1.54) is 0 Å². The van der Waals surface area contributed by atoms with Crippen molar-refractivity contribution in [1.29, 1.82) is 0 Å². The molecule has 0 aliphatic heterocycles. The van der Waals surface area contributed by atoms with Gasteiger partial charge in [-0.25, -0.2) is 4.98 Å². The Hall–Kier alpha value is -3.09. The Balaban J connectivity index is 1.61. The van der Waals surface area contributed by atoms with Gasteiger partial charge in [0.1, 0.15) is 10.8 Å². The first-order valence-corrected chi connectivity index (χ1v) is 9.26. The van der Waals surface area contributed by atoms with E-state index in [2.05, 4.69) is 21.0 Å². The molecule has 27 heavy (non-hydrogen) atoms. The number of fused-ring (bicyclic) bond motifs is 1. The molecule has 0 spiro atoms. The Morgan fingerprint density at radius 2 is 1.89 bits per heavy atom. The van der Waals surface area contributed by atoms with Gasteiger partial charge in [0.05, 0.1) is 28.2 Å². The Morgan fingerprint density at radius 3 is 2.63 bits per heavy atom. The molecule has 2 aromatic carbocycles. The third-order valence-corrected chi connectivity index (χ3v) is 5.36. The largest absolute Gasteiger partial charge is 0.505 e. The molecular formula is C21H17N3O2S. The van der Waals surface area contributed by atoms with Gasteiger partial charge in [-0.05, 0) is 43.3 Å². The van der Waals surface area contributed by atoms with Crippen molar-refractivity contribution >= 4 is 33.5 Å². The molecule has 0 aliphatic rings. The first-order chi connectivity index (χ1) is 13.2. The van der Waals surface area contributed by atoms with Crippen LogP contribution in [0.25, 0.3) is 20.8 Å². The number of hydrogen-bond acceptors (Lipinski definition) is 6. The average Bonchev–Trinajstić information content (AvgIpc) is 3.13. The molecule has 134 valence electrons. The Morgan fingerprint density at radius 1 is 1.11 bits per heavy atom. The lowest BCUT2D eigenvalue weighted by atomic mass is 10.1. The second-order valence-corrected chi connectivity index (χ2v) is 7.11. The summed E-state index contributed by atoms with van der Waals surface area (Å²) in [6.45, 7) is 1.50. The van der Waals surface area contributed by atoms with Gasteiger partial charge in [0.15, 0.2) is 0 Å². The Bertz CT molecular complexity index is 1100. The van der Waals surface area contributed by atoms with Crippen LogP contribution in [0.3, 0.4) is 0 Å². The molecule has 0 atom stereocenters. The molecule has 0 unspecified atom stereocenters. The van der Waals surface area contributed by atoms with Crippen LogP contribution >= 0.6 is 11.3 Å². The molecule has 5 nitrogen and oxygen atoms in total. The number of nitrogens with zero attached hydrogens (tertiary/aromatic N) is 3. The highest BCUT2D eigenvalue weighted by Crippen LogP contribution is 2.31. The molecule has 2 aromatic heterocycles. The summed E-state index contributed by atoms with van der Waals surface area (Å²) in [7, 11) is 0. The van der Waals surface area contributed by atoms with E-state index in [-0.39, 0.29) is 12.4 Å². The summed E-state index contributed by atoms with van der Waals surface area (Å²) in [5, 5.41) is 20.6. The maximum absolute atomic E-state index is 10.2. The summed E-state index contributed by atoms with van der Waals surface area (Å²) in [5.41, 5.74) is 4.30. The number of pyridine rings is 1. The molecule has 0 saturated heterocycles. The summed E-state index contributed by atoms with van der Waals surface area (Å²) in [6, 6.07) is 15.8. The second-order valence-electron chi connectivity index (χ2n) is 6.08. The van der Waals surface area contributed by atoms with Crippen LogP contribution in [0.4, 0.5) is 5.69 Å². The number of para-hydroxylation sites is 1. The summed E-state index contributed by atoms with van der Waals surface area (Å²) >= 11 is 1.66. The van der Waals surface area contributed by atoms with E-state index in [0.717, 1.165) is 26.5 Å². The Kier molecular flexibility index (Phi) is 4.66. The molecule has 0 amide bonds. The number of aliphatic hydroxyl groups is 1. The number of aromatic hydroxyl groups is 1. The van der Waals surface area contributed by atoms with E-state index in [4.69, 9.17) is 0 Å². The third kappa shape index (κ3) is 3.45. The van der Waals surface area contributed by atoms with Crippen molar-refractivity contribution in [2.75, 3.05) is 0 Å². The number of rotatable bonds is 4. The zero-order chi connectivity index (χ0) is 18.8. The highest BCUT2D eigenvalue weighted by molar-refractivity contribution is 7.21. The molecule has 0 bridgehead atoms. The maximum atomic E-state index is 10.2. The van der Waals surface area contributed by atoms with E-state index in [1.54, 1.807) is 30.7 Å². The fraction of sp³-hybridized carbons (Fsp3) is 0.0952. The van der Waals surface area contributed by atoms with Gasteiger partial charge < -0.3 is 10.2 Å². The van der Waals surface area contributed by atoms with Crippen LogP contribution in [-0.2, 0) is 6.61 Å². The number of aliphatic imine (C=N–C) groups is 1. The zero-order valence-electron chi connectivity index (χ0n) is 14.6. The van der Waals surface area contributed by atoms with Crippen LogP contribution in [0.5, 0.6) is 5.75 Å². The molecule has 4 rings (SSSR count). The van der Waals surface area contributed by atoms with Crippen molar-refractivity contribution in [1.82, 2.24) is 9.97 Å². The lowest BCUT2D eigenvalue weighted by Crippen LogP contribution is -1.97. The molecule has 0 saturated carbocycles. The van der Waals surface area contributed by atoms with Gasteiger partial charge in [-0.15, -0.1) is 11.3 Å². The third-order valence-electron chi connectivity index (χ3n) is 4.28. The topological polar surface area (TPSA) is 78.6 Å². The van der Waals surface area contributed by atoms with Gasteiger partial charge in [0.2, 0.25) is 0 Å². The van der Waals surface area contributed by atoms with Crippen LogP contribution in [0.2, 0.25) is 0 Å². The number of aliphatic hydroxyl groups excluding tert-OH is 1. The predicted molar refractivity (Wildman–Crippen MR) is 109 cm³/mol. The Labute approximate surface area is 160 Å². The van der Waals surface area contributed by atoms with Crippen molar-refractivity contribution < 1.29 is 10.2 Å². The minimum absolute atomic E-state index is 0.0383. The molecule has 0 radical (unpaired) electrons. The van der Waals surface area contributed by atoms with Crippen molar-refractivity contribution in [3.05, 3.63) is 71.5 Å². The number of thiazole rings is 1. The number of aryl methyl sites for hydroxylation is 1. The summed E-state index contributed by atoms with van der Waals surface area (Å²) in [4.78, 5) is 13.1. The van der Waals surface area contributed by atoms with Crippen LogP contribution in [0.15, 0.2) is 59.7 Å². The van der Waals surface area contributed by atoms with Gasteiger partial charge in [-0.3, -0.25) is 9.98 Å². The molecule has 6 heteroatoms. The zero-order valence-corrected chi connectivity index (χ0v) is 15.4. The van der Waals surface area contributed by atoms with Gasteiger partial charge in [0, 0.05) is 29.1 Å². The molecule has 4 aromatic rings. The van der Waals surface area contributed by atoms with Crippen molar-refractivity contribution in [3.8, 4) is 16.3 Å². The minimum Gasteiger partial charge on any atom is -0.505 e. The van der Waals surface area contributed by atoms with E-state index < -0.39 is 0 Å². The van der Waals surface area contributed by atoms with Crippen LogP contribution in [-0.4, -0.2) is 26.4 Å². The number of aromatic nitrogens is 2. The smallest absolute Gasteiger partial charge is 0.145 e.